The number of rotatable bonds is 4. The molecule has 0 saturated heterocycles. The Bertz CT molecular complexity index is 481. The minimum absolute atomic E-state index is 0.427. The zero-order chi connectivity index (χ0) is 11.5. The van der Waals surface area contributed by atoms with Gasteiger partial charge in [-0.3, -0.25) is 0 Å². The quantitative estimate of drug-likeness (QED) is 0.887. The second kappa shape index (κ2) is 4.76. The topological polar surface area (TPSA) is 61.0 Å². The SMILES string of the molecule is CC(C)COCc1nc(N)c2ccsc2n1. The number of nitrogens with zero attached hydrogens (tertiary/aromatic N) is 2. The second-order valence-electron chi connectivity index (χ2n) is 4.07. The first-order chi connectivity index (χ1) is 7.66. The summed E-state index contributed by atoms with van der Waals surface area (Å²) in [6.07, 6.45) is 0. The molecule has 0 amide bonds. The molecule has 0 aliphatic carbocycles. The van der Waals surface area contributed by atoms with E-state index in [0.717, 1.165) is 10.2 Å². The Morgan fingerprint density at radius 2 is 2.25 bits per heavy atom. The molecule has 0 atom stereocenters. The van der Waals surface area contributed by atoms with Crippen molar-refractivity contribution in [3.05, 3.63) is 17.3 Å². The molecule has 0 spiro atoms. The zero-order valence-electron chi connectivity index (χ0n) is 9.43. The van der Waals surface area contributed by atoms with E-state index in [9.17, 15) is 0 Å². The third-order valence-electron chi connectivity index (χ3n) is 2.08. The van der Waals surface area contributed by atoms with Gasteiger partial charge >= 0.3 is 0 Å². The van der Waals surface area contributed by atoms with Crippen LogP contribution < -0.4 is 5.73 Å². The van der Waals surface area contributed by atoms with Gasteiger partial charge in [-0.2, -0.15) is 0 Å². The van der Waals surface area contributed by atoms with Crippen LogP contribution in [0.25, 0.3) is 10.2 Å². The van der Waals surface area contributed by atoms with Gasteiger partial charge < -0.3 is 10.5 Å². The summed E-state index contributed by atoms with van der Waals surface area (Å²) in [6.45, 7) is 5.36. The molecular weight excluding hydrogens is 222 g/mol. The third kappa shape index (κ3) is 2.48. The van der Waals surface area contributed by atoms with Crippen molar-refractivity contribution in [2.75, 3.05) is 12.3 Å². The molecular formula is C11H15N3OS. The van der Waals surface area contributed by atoms with Gasteiger partial charge in [0.05, 0.1) is 5.39 Å². The predicted molar refractivity (Wildman–Crippen MR) is 66.3 cm³/mol. The molecule has 0 aromatic carbocycles. The van der Waals surface area contributed by atoms with Crippen molar-refractivity contribution in [1.29, 1.82) is 0 Å². The zero-order valence-corrected chi connectivity index (χ0v) is 10.3. The van der Waals surface area contributed by atoms with Crippen molar-refractivity contribution in [3.63, 3.8) is 0 Å². The summed E-state index contributed by atoms with van der Waals surface area (Å²) in [6, 6.07) is 1.94. The maximum atomic E-state index is 5.83. The van der Waals surface area contributed by atoms with Crippen LogP contribution in [0.3, 0.4) is 0 Å². The van der Waals surface area contributed by atoms with E-state index in [-0.39, 0.29) is 0 Å². The molecule has 0 aliphatic rings. The lowest BCUT2D eigenvalue weighted by Gasteiger charge is -2.06. The number of nitrogen functional groups attached to an aromatic ring is 1. The second-order valence-corrected chi connectivity index (χ2v) is 4.97. The maximum absolute atomic E-state index is 5.83. The van der Waals surface area contributed by atoms with E-state index in [1.54, 1.807) is 11.3 Å². The van der Waals surface area contributed by atoms with Gasteiger partial charge in [-0.15, -0.1) is 11.3 Å². The van der Waals surface area contributed by atoms with Gasteiger partial charge in [0.25, 0.3) is 0 Å². The lowest BCUT2D eigenvalue weighted by atomic mass is 10.2. The van der Waals surface area contributed by atoms with Crippen molar-refractivity contribution in [2.24, 2.45) is 5.92 Å². The Balaban J connectivity index is 2.12. The highest BCUT2D eigenvalue weighted by molar-refractivity contribution is 7.16. The number of fused-ring (bicyclic) bond motifs is 1. The highest BCUT2D eigenvalue weighted by Crippen LogP contribution is 2.22. The van der Waals surface area contributed by atoms with E-state index in [0.29, 0.717) is 30.8 Å². The Morgan fingerprint density at radius 1 is 1.44 bits per heavy atom. The van der Waals surface area contributed by atoms with Crippen molar-refractivity contribution < 1.29 is 4.74 Å². The van der Waals surface area contributed by atoms with E-state index in [1.165, 1.54) is 0 Å². The van der Waals surface area contributed by atoms with E-state index in [4.69, 9.17) is 10.5 Å². The first-order valence-electron chi connectivity index (χ1n) is 5.24. The van der Waals surface area contributed by atoms with Crippen LogP contribution in [0.1, 0.15) is 19.7 Å². The van der Waals surface area contributed by atoms with Crippen molar-refractivity contribution in [3.8, 4) is 0 Å². The van der Waals surface area contributed by atoms with Crippen molar-refractivity contribution in [2.45, 2.75) is 20.5 Å². The standard InChI is InChI=1S/C11H15N3OS/c1-7(2)5-15-6-9-13-10(12)8-3-4-16-11(8)14-9/h3-4,7H,5-6H2,1-2H3,(H2,12,13,14). The van der Waals surface area contributed by atoms with Crippen LogP contribution in [-0.2, 0) is 11.3 Å². The van der Waals surface area contributed by atoms with Gasteiger partial charge in [0.2, 0.25) is 0 Å². The molecule has 0 saturated carbocycles. The van der Waals surface area contributed by atoms with E-state index >= 15 is 0 Å². The van der Waals surface area contributed by atoms with Gasteiger partial charge in [-0.1, -0.05) is 13.8 Å². The molecule has 2 aromatic rings. The van der Waals surface area contributed by atoms with Crippen LogP contribution in [0.15, 0.2) is 11.4 Å². The first-order valence-corrected chi connectivity index (χ1v) is 6.12. The lowest BCUT2D eigenvalue weighted by Crippen LogP contribution is -2.06. The monoisotopic (exact) mass is 237 g/mol. The number of aromatic nitrogens is 2. The smallest absolute Gasteiger partial charge is 0.158 e. The predicted octanol–water partition coefficient (Wildman–Crippen LogP) is 2.45. The van der Waals surface area contributed by atoms with Crippen LogP contribution in [0.5, 0.6) is 0 Å². The van der Waals surface area contributed by atoms with Crippen LogP contribution in [0.4, 0.5) is 5.82 Å². The highest BCUT2D eigenvalue weighted by atomic mass is 32.1. The summed E-state index contributed by atoms with van der Waals surface area (Å²) in [5.41, 5.74) is 5.83. The van der Waals surface area contributed by atoms with Crippen LogP contribution >= 0.6 is 11.3 Å². The summed E-state index contributed by atoms with van der Waals surface area (Å²) in [7, 11) is 0. The third-order valence-corrected chi connectivity index (χ3v) is 2.89. The largest absolute Gasteiger partial charge is 0.383 e. The Hall–Kier alpha value is -1.20. The molecule has 0 bridgehead atoms. The van der Waals surface area contributed by atoms with Gasteiger partial charge in [0, 0.05) is 6.61 Å². The fourth-order valence-electron chi connectivity index (χ4n) is 1.37. The summed E-state index contributed by atoms with van der Waals surface area (Å²) < 4.78 is 5.49. The lowest BCUT2D eigenvalue weighted by molar-refractivity contribution is 0.0926. The number of anilines is 1. The first kappa shape index (κ1) is 11.3. The maximum Gasteiger partial charge on any atom is 0.158 e. The molecule has 86 valence electrons. The van der Waals surface area contributed by atoms with E-state index in [2.05, 4.69) is 23.8 Å². The minimum atomic E-state index is 0.427. The Kier molecular flexibility index (Phi) is 3.36. The van der Waals surface area contributed by atoms with Gasteiger partial charge in [0.15, 0.2) is 5.82 Å². The highest BCUT2D eigenvalue weighted by Gasteiger charge is 2.06. The molecule has 0 unspecified atom stereocenters. The van der Waals surface area contributed by atoms with Crippen LogP contribution in [0, 0.1) is 5.92 Å². The van der Waals surface area contributed by atoms with Crippen LogP contribution in [-0.4, -0.2) is 16.6 Å². The molecule has 2 rings (SSSR count). The van der Waals surface area contributed by atoms with Crippen molar-refractivity contribution >= 4 is 27.4 Å². The van der Waals surface area contributed by atoms with Gasteiger partial charge in [-0.25, -0.2) is 9.97 Å². The molecule has 0 radical (unpaired) electrons. The van der Waals surface area contributed by atoms with E-state index in [1.807, 2.05) is 11.4 Å². The molecule has 0 aliphatic heterocycles. The van der Waals surface area contributed by atoms with Crippen LogP contribution in [0.2, 0.25) is 0 Å². The molecule has 4 nitrogen and oxygen atoms in total. The van der Waals surface area contributed by atoms with Gasteiger partial charge in [-0.05, 0) is 17.4 Å². The van der Waals surface area contributed by atoms with E-state index < -0.39 is 0 Å². The molecule has 2 N–H and O–H groups in total. The molecule has 5 heteroatoms. The molecule has 0 fully saturated rings. The minimum Gasteiger partial charge on any atom is -0.383 e. The average molecular weight is 237 g/mol. The van der Waals surface area contributed by atoms with Crippen molar-refractivity contribution in [1.82, 2.24) is 9.97 Å². The Morgan fingerprint density at radius 3 is 3.00 bits per heavy atom. The Labute approximate surface area is 98.5 Å². The normalized spacial score (nSPS) is 11.4. The fourth-order valence-corrected chi connectivity index (χ4v) is 2.17. The summed E-state index contributed by atoms with van der Waals surface area (Å²) in [5.74, 6) is 1.71. The molecule has 2 aromatic heterocycles. The number of hydrogen-bond donors (Lipinski definition) is 1. The molecule has 2 heterocycles. The number of nitrogens with two attached hydrogens (primary N) is 1. The summed E-state index contributed by atoms with van der Waals surface area (Å²) in [4.78, 5) is 9.54. The fraction of sp³-hybridized carbons (Fsp3) is 0.455. The summed E-state index contributed by atoms with van der Waals surface area (Å²) >= 11 is 1.57. The summed E-state index contributed by atoms with van der Waals surface area (Å²) in [5, 5.41) is 2.90. The number of thiophene rings is 1. The number of hydrogen-bond acceptors (Lipinski definition) is 5. The number of ether oxygens (including phenoxy) is 1. The molecule has 16 heavy (non-hydrogen) atoms. The van der Waals surface area contributed by atoms with Gasteiger partial charge in [0.1, 0.15) is 17.3 Å². The average Bonchev–Trinajstić information content (AvgIpc) is 2.65.